The highest BCUT2D eigenvalue weighted by Gasteiger charge is 2.15. The normalized spacial score (nSPS) is 15.8. The number of oxime groups is 1. The second-order valence-corrected chi connectivity index (χ2v) is 4.24. The molecule has 0 amide bonds. The molecule has 2 atom stereocenters. The molecular weight excluding hydrogens is 218 g/mol. The molecule has 0 spiro atoms. The molecule has 17 heavy (non-hydrogen) atoms. The summed E-state index contributed by atoms with van der Waals surface area (Å²) in [5.41, 5.74) is 5.50. The zero-order valence-corrected chi connectivity index (χ0v) is 10.6. The topological polar surface area (TPSA) is 83.8 Å². The van der Waals surface area contributed by atoms with Gasteiger partial charge in [0.15, 0.2) is 0 Å². The Morgan fingerprint density at radius 1 is 1.59 bits per heavy atom. The van der Waals surface area contributed by atoms with Crippen molar-refractivity contribution < 1.29 is 9.62 Å². The molecule has 1 aromatic heterocycles. The van der Waals surface area contributed by atoms with E-state index in [1.807, 2.05) is 26.0 Å². The van der Waals surface area contributed by atoms with Crippen molar-refractivity contribution in [1.82, 2.24) is 5.32 Å². The highest BCUT2D eigenvalue weighted by Crippen LogP contribution is 2.17. The Bertz CT molecular complexity index is 374. The Kier molecular flexibility index (Phi) is 5.03. The molecule has 0 aliphatic heterocycles. The van der Waals surface area contributed by atoms with Crippen molar-refractivity contribution in [2.24, 2.45) is 10.9 Å². The fourth-order valence-corrected chi connectivity index (χ4v) is 1.74. The number of rotatable bonds is 6. The molecule has 0 bridgehead atoms. The lowest BCUT2D eigenvalue weighted by atomic mass is 10.1. The van der Waals surface area contributed by atoms with Crippen molar-refractivity contribution >= 4 is 5.84 Å². The predicted molar refractivity (Wildman–Crippen MR) is 67.1 cm³/mol. The molecule has 5 nitrogen and oxygen atoms in total. The van der Waals surface area contributed by atoms with Crippen LogP contribution in [0.25, 0.3) is 0 Å². The zero-order chi connectivity index (χ0) is 12.8. The fourth-order valence-electron chi connectivity index (χ4n) is 1.74. The lowest BCUT2D eigenvalue weighted by Gasteiger charge is -2.20. The van der Waals surface area contributed by atoms with Gasteiger partial charge in [-0.15, -0.1) is 0 Å². The molecular formula is C12H21N3O2. The van der Waals surface area contributed by atoms with Gasteiger partial charge < -0.3 is 20.7 Å². The van der Waals surface area contributed by atoms with Gasteiger partial charge in [0.25, 0.3) is 0 Å². The van der Waals surface area contributed by atoms with Gasteiger partial charge in [-0.3, -0.25) is 0 Å². The van der Waals surface area contributed by atoms with Gasteiger partial charge in [-0.05, 0) is 32.4 Å². The van der Waals surface area contributed by atoms with Gasteiger partial charge in [-0.2, -0.15) is 0 Å². The molecule has 1 rings (SSSR count). The first-order valence-corrected chi connectivity index (χ1v) is 5.85. The summed E-state index contributed by atoms with van der Waals surface area (Å²) in [6.45, 7) is 6.01. The number of nitrogens with zero attached hydrogens (tertiary/aromatic N) is 1. The van der Waals surface area contributed by atoms with E-state index >= 15 is 0 Å². The van der Waals surface area contributed by atoms with Crippen LogP contribution in [-0.2, 0) is 0 Å². The minimum Gasteiger partial charge on any atom is -0.465 e. The van der Waals surface area contributed by atoms with Crippen LogP contribution in [0, 0.1) is 6.92 Å². The summed E-state index contributed by atoms with van der Waals surface area (Å²) >= 11 is 0. The smallest absolute Gasteiger partial charge is 0.140 e. The molecule has 0 saturated heterocycles. The van der Waals surface area contributed by atoms with Gasteiger partial charge in [0.1, 0.15) is 17.4 Å². The van der Waals surface area contributed by atoms with E-state index < -0.39 is 0 Å². The molecule has 96 valence electrons. The first-order valence-electron chi connectivity index (χ1n) is 5.85. The number of amidine groups is 1. The first-order chi connectivity index (χ1) is 8.06. The van der Waals surface area contributed by atoms with Crippen LogP contribution >= 0.6 is 0 Å². The lowest BCUT2D eigenvalue weighted by molar-refractivity contribution is 0.314. The van der Waals surface area contributed by atoms with Gasteiger partial charge in [0, 0.05) is 12.5 Å². The van der Waals surface area contributed by atoms with Crippen LogP contribution in [0.4, 0.5) is 0 Å². The largest absolute Gasteiger partial charge is 0.465 e. The van der Waals surface area contributed by atoms with Crippen molar-refractivity contribution in [1.29, 1.82) is 0 Å². The highest BCUT2D eigenvalue weighted by molar-refractivity contribution is 5.80. The molecule has 5 heteroatoms. The molecule has 0 fully saturated rings. The first kappa shape index (κ1) is 13.6. The average molecular weight is 239 g/mol. The van der Waals surface area contributed by atoms with E-state index in [4.69, 9.17) is 15.4 Å². The van der Waals surface area contributed by atoms with Crippen molar-refractivity contribution in [2.75, 3.05) is 0 Å². The summed E-state index contributed by atoms with van der Waals surface area (Å²) in [6.07, 6.45) is 1.43. The van der Waals surface area contributed by atoms with Crippen LogP contribution < -0.4 is 11.1 Å². The van der Waals surface area contributed by atoms with E-state index in [-0.39, 0.29) is 17.9 Å². The van der Waals surface area contributed by atoms with E-state index in [0.29, 0.717) is 6.42 Å². The summed E-state index contributed by atoms with van der Waals surface area (Å²) in [5, 5.41) is 14.9. The van der Waals surface area contributed by atoms with Gasteiger partial charge in [0.2, 0.25) is 0 Å². The van der Waals surface area contributed by atoms with Crippen LogP contribution in [-0.4, -0.2) is 17.1 Å². The maximum absolute atomic E-state index is 8.55. The summed E-state index contributed by atoms with van der Waals surface area (Å²) in [6, 6.07) is 4.19. The monoisotopic (exact) mass is 239 g/mol. The maximum Gasteiger partial charge on any atom is 0.140 e. The van der Waals surface area contributed by atoms with E-state index in [1.54, 1.807) is 0 Å². The summed E-state index contributed by atoms with van der Waals surface area (Å²) in [5.74, 6) is 2.05. The molecule has 1 aromatic rings. The van der Waals surface area contributed by atoms with E-state index in [2.05, 4.69) is 17.4 Å². The zero-order valence-electron chi connectivity index (χ0n) is 10.6. The van der Waals surface area contributed by atoms with Crippen LogP contribution in [0.1, 0.15) is 44.3 Å². The van der Waals surface area contributed by atoms with E-state index in [0.717, 1.165) is 17.9 Å². The molecule has 0 aliphatic carbocycles. The second-order valence-electron chi connectivity index (χ2n) is 4.24. The van der Waals surface area contributed by atoms with E-state index in [1.165, 1.54) is 0 Å². The standard InChI is InChI=1S/C12H21N3O2/c1-4-10(7-12(13)15-16)14-9(3)11-6-5-8(2)17-11/h5-6,9-10,14,16H,4,7H2,1-3H3,(H2,13,15). The quantitative estimate of drug-likeness (QED) is 0.307. The number of furan rings is 1. The van der Waals surface area contributed by atoms with Gasteiger partial charge in [-0.1, -0.05) is 12.1 Å². The van der Waals surface area contributed by atoms with Crippen LogP contribution in [0.15, 0.2) is 21.7 Å². The van der Waals surface area contributed by atoms with Gasteiger partial charge >= 0.3 is 0 Å². The Labute approximate surface area is 102 Å². The Hall–Kier alpha value is -1.49. The molecule has 1 heterocycles. The molecule has 4 N–H and O–H groups in total. The van der Waals surface area contributed by atoms with Crippen molar-refractivity contribution in [3.63, 3.8) is 0 Å². The minimum absolute atomic E-state index is 0.111. The summed E-state index contributed by atoms with van der Waals surface area (Å²) in [4.78, 5) is 0. The number of hydrogen-bond acceptors (Lipinski definition) is 4. The van der Waals surface area contributed by atoms with Gasteiger partial charge in [-0.25, -0.2) is 0 Å². The predicted octanol–water partition coefficient (Wildman–Crippen LogP) is 2.15. The highest BCUT2D eigenvalue weighted by atomic mass is 16.4. The number of nitrogens with two attached hydrogens (primary N) is 1. The lowest BCUT2D eigenvalue weighted by Crippen LogP contribution is -2.34. The molecule has 0 saturated carbocycles. The van der Waals surface area contributed by atoms with Crippen LogP contribution in [0.3, 0.4) is 0 Å². The second kappa shape index (κ2) is 6.30. The van der Waals surface area contributed by atoms with Crippen LogP contribution in [0.2, 0.25) is 0 Å². The number of nitrogens with one attached hydrogen (secondary N) is 1. The fraction of sp³-hybridized carbons (Fsp3) is 0.583. The Morgan fingerprint density at radius 2 is 2.29 bits per heavy atom. The molecule has 0 aromatic carbocycles. The SMILES string of the molecule is CCC(C/C(N)=N/O)NC(C)c1ccc(C)o1. The summed E-state index contributed by atoms with van der Waals surface area (Å²) < 4.78 is 5.55. The van der Waals surface area contributed by atoms with Crippen molar-refractivity contribution in [3.8, 4) is 0 Å². The number of aryl methyl sites for hydroxylation is 1. The average Bonchev–Trinajstić information content (AvgIpc) is 2.74. The van der Waals surface area contributed by atoms with Crippen molar-refractivity contribution in [2.45, 2.75) is 45.7 Å². The molecule has 2 unspecified atom stereocenters. The van der Waals surface area contributed by atoms with E-state index in [9.17, 15) is 0 Å². The Morgan fingerprint density at radius 3 is 2.76 bits per heavy atom. The summed E-state index contributed by atoms with van der Waals surface area (Å²) in [7, 11) is 0. The van der Waals surface area contributed by atoms with Gasteiger partial charge in [0.05, 0.1) is 6.04 Å². The number of hydrogen-bond donors (Lipinski definition) is 3. The molecule has 0 aliphatic rings. The third-order valence-corrected chi connectivity index (χ3v) is 2.75. The minimum atomic E-state index is 0.111. The molecule has 0 radical (unpaired) electrons. The third kappa shape index (κ3) is 4.11. The third-order valence-electron chi connectivity index (χ3n) is 2.75. The van der Waals surface area contributed by atoms with Crippen LogP contribution in [0.5, 0.6) is 0 Å². The maximum atomic E-state index is 8.55. The van der Waals surface area contributed by atoms with Crippen molar-refractivity contribution in [3.05, 3.63) is 23.7 Å². The Balaban J connectivity index is 2.56.